The van der Waals surface area contributed by atoms with Crippen LogP contribution in [0.25, 0.3) is 0 Å². The number of allylic oxidation sites excluding steroid dienone is 3. The lowest BCUT2D eigenvalue weighted by Crippen LogP contribution is -2.66. The fourth-order valence-corrected chi connectivity index (χ4v) is 11.6. The molecule has 0 radical (unpaired) electrons. The molecule has 0 aliphatic heterocycles. The maximum Gasteiger partial charge on any atom is 0.238 e. The first-order chi connectivity index (χ1) is 17.7. The van der Waals surface area contributed by atoms with Crippen molar-refractivity contribution < 1.29 is 9.59 Å². The highest BCUT2D eigenvalue weighted by molar-refractivity contribution is 5.95. The molecule has 4 nitrogen and oxygen atoms in total. The standard InChI is InChI=1S/C34H48N2O2/c1-21(2)23-11-16-34(29(38)36-20-19-35-22(36)3)18-17-32(7)24(28(23)34)9-10-26-31(6)14-13-27(37)30(4,5)25(31)12-15-33(26,32)8/h13-14,19-20,23-26,28H,1,9-12,15-18H2,2-8H3/t23-,24+,25-,26+,28+,31-,32+,33+,34-/m0/s1. The second-order valence-corrected chi connectivity index (χ2v) is 15.3. The number of carbonyl (C=O) groups excluding carboxylic acids is 2. The van der Waals surface area contributed by atoms with E-state index < -0.39 is 0 Å². The maximum absolute atomic E-state index is 14.4. The van der Waals surface area contributed by atoms with Gasteiger partial charge < -0.3 is 0 Å². The number of rotatable bonds is 2. The Kier molecular flexibility index (Phi) is 5.56. The molecule has 1 aromatic heterocycles. The van der Waals surface area contributed by atoms with Crippen molar-refractivity contribution in [3.05, 3.63) is 42.5 Å². The van der Waals surface area contributed by atoms with Crippen LogP contribution in [0.4, 0.5) is 0 Å². The number of imidazole rings is 1. The molecule has 0 bridgehead atoms. The molecule has 206 valence electrons. The Morgan fingerprint density at radius 2 is 1.71 bits per heavy atom. The van der Waals surface area contributed by atoms with E-state index in [1.54, 1.807) is 6.20 Å². The molecule has 4 fully saturated rings. The van der Waals surface area contributed by atoms with Gasteiger partial charge in [-0.1, -0.05) is 52.8 Å². The van der Waals surface area contributed by atoms with Gasteiger partial charge in [0.2, 0.25) is 5.91 Å². The Balaban J connectivity index is 1.44. The van der Waals surface area contributed by atoms with Gasteiger partial charge in [-0.2, -0.15) is 0 Å². The van der Waals surface area contributed by atoms with Gasteiger partial charge in [0.25, 0.3) is 0 Å². The summed E-state index contributed by atoms with van der Waals surface area (Å²) in [5.74, 6) is 3.60. The summed E-state index contributed by atoms with van der Waals surface area (Å²) >= 11 is 0. The molecule has 0 spiro atoms. The zero-order chi connectivity index (χ0) is 27.5. The third-order valence-electron chi connectivity index (χ3n) is 13.8. The maximum atomic E-state index is 14.4. The quantitative estimate of drug-likeness (QED) is 0.376. The smallest absolute Gasteiger partial charge is 0.238 e. The van der Waals surface area contributed by atoms with Gasteiger partial charge in [-0.05, 0) is 117 Å². The zero-order valence-electron chi connectivity index (χ0n) is 24.8. The number of carbonyl (C=O) groups is 2. The van der Waals surface area contributed by atoms with Crippen molar-refractivity contribution >= 4 is 11.7 Å². The number of aryl methyl sites for hydroxylation is 1. The van der Waals surface area contributed by atoms with E-state index in [1.165, 1.54) is 24.8 Å². The molecule has 9 atom stereocenters. The average Bonchev–Trinajstić information content (AvgIpc) is 3.46. The zero-order valence-corrected chi connectivity index (χ0v) is 24.8. The molecule has 0 aromatic carbocycles. The molecule has 0 saturated heterocycles. The molecule has 4 heteroatoms. The normalized spacial score (nSPS) is 47.0. The molecule has 0 unspecified atom stereocenters. The number of ketones is 1. The summed E-state index contributed by atoms with van der Waals surface area (Å²) in [5.41, 5.74) is 1.04. The molecule has 5 aliphatic rings. The van der Waals surface area contributed by atoms with E-state index in [0.717, 1.165) is 37.9 Å². The molecule has 1 heterocycles. The third-order valence-corrected chi connectivity index (χ3v) is 13.8. The summed E-state index contributed by atoms with van der Waals surface area (Å²) in [6.07, 6.45) is 16.7. The summed E-state index contributed by atoms with van der Waals surface area (Å²) < 4.78 is 1.85. The van der Waals surface area contributed by atoms with Crippen LogP contribution >= 0.6 is 0 Å². The van der Waals surface area contributed by atoms with Crippen LogP contribution in [0.3, 0.4) is 0 Å². The Morgan fingerprint density at radius 1 is 0.974 bits per heavy atom. The number of hydrogen-bond acceptors (Lipinski definition) is 3. The number of fused-ring (bicyclic) bond motifs is 7. The van der Waals surface area contributed by atoms with Gasteiger partial charge >= 0.3 is 0 Å². The monoisotopic (exact) mass is 516 g/mol. The Hall–Kier alpha value is -1.97. The SMILES string of the molecule is C=C(C)[C@@H]1CC[C@]2(C(=O)n3ccnc3C)CC[C@]3(C)[C@H](CC[C@@H]4[C@@]5(C)C=CC(=O)C(C)(C)[C@@H]5CC[C@]43C)[C@@H]12. The summed E-state index contributed by atoms with van der Waals surface area (Å²) in [4.78, 5) is 31.8. The van der Waals surface area contributed by atoms with E-state index in [9.17, 15) is 9.59 Å². The van der Waals surface area contributed by atoms with Crippen molar-refractivity contribution in [2.75, 3.05) is 0 Å². The van der Waals surface area contributed by atoms with E-state index in [0.29, 0.717) is 35.4 Å². The lowest BCUT2D eigenvalue weighted by molar-refractivity contribution is -0.213. The van der Waals surface area contributed by atoms with Gasteiger partial charge in [-0.25, -0.2) is 4.98 Å². The molecule has 0 N–H and O–H groups in total. The largest absolute Gasteiger partial charge is 0.294 e. The average molecular weight is 517 g/mol. The summed E-state index contributed by atoms with van der Waals surface area (Å²) in [6.45, 7) is 20.7. The predicted octanol–water partition coefficient (Wildman–Crippen LogP) is 7.83. The molecule has 38 heavy (non-hydrogen) atoms. The highest BCUT2D eigenvalue weighted by atomic mass is 16.2. The van der Waals surface area contributed by atoms with Crippen LogP contribution in [0.5, 0.6) is 0 Å². The summed E-state index contributed by atoms with van der Waals surface area (Å²) in [6, 6.07) is 0. The minimum Gasteiger partial charge on any atom is -0.294 e. The lowest BCUT2D eigenvalue weighted by atomic mass is 9.33. The van der Waals surface area contributed by atoms with Crippen molar-refractivity contribution in [1.82, 2.24) is 9.55 Å². The van der Waals surface area contributed by atoms with Crippen molar-refractivity contribution in [2.45, 2.75) is 99.8 Å². The third kappa shape index (κ3) is 3.01. The van der Waals surface area contributed by atoms with Crippen molar-refractivity contribution in [2.24, 2.45) is 56.7 Å². The van der Waals surface area contributed by atoms with Gasteiger partial charge in [0.15, 0.2) is 5.78 Å². The van der Waals surface area contributed by atoms with Crippen molar-refractivity contribution in [1.29, 1.82) is 0 Å². The van der Waals surface area contributed by atoms with E-state index >= 15 is 0 Å². The minimum atomic E-state index is -0.317. The van der Waals surface area contributed by atoms with E-state index in [-0.39, 0.29) is 33.0 Å². The van der Waals surface area contributed by atoms with Gasteiger partial charge in [-0.3, -0.25) is 14.2 Å². The van der Waals surface area contributed by atoms with Crippen LogP contribution in [0.1, 0.15) is 104 Å². The van der Waals surface area contributed by atoms with Gasteiger partial charge in [-0.15, -0.1) is 0 Å². The topological polar surface area (TPSA) is 52.0 Å². The summed E-state index contributed by atoms with van der Waals surface area (Å²) in [7, 11) is 0. The second-order valence-electron chi connectivity index (χ2n) is 15.3. The highest BCUT2D eigenvalue weighted by Crippen LogP contribution is 2.77. The molecular formula is C34H48N2O2. The van der Waals surface area contributed by atoms with Gasteiger partial charge in [0.1, 0.15) is 5.82 Å². The van der Waals surface area contributed by atoms with Gasteiger partial charge in [0, 0.05) is 17.8 Å². The Bertz CT molecular complexity index is 1240. The molecule has 6 rings (SSSR count). The molecular weight excluding hydrogens is 468 g/mol. The number of hydrogen-bond donors (Lipinski definition) is 0. The predicted molar refractivity (Wildman–Crippen MR) is 151 cm³/mol. The van der Waals surface area contributed by atoms with E-state index in [2.05, 4.69) is 59.2 Å². The van der Waals surface area contributed by atoms with Gasteiger partial charge in [0.05, 0.1) is 5.41 Å². The Labute approximate surface area is 229 Å². The molecule has 1 aromatic rings. The first-order valence-electron chi connectivity index (χ1n) is 15.2. The Morgan fingerprint density at radius 3 is 2.37 bits per heavy atom. The minimum absolute atomic E-state index is 0.0418. The second kappa shape index (κ2) is 8.04. The van der Waals surface area contributed by atoms with Crippen LogP contribution in [0.15, 0.2) is 36.7 Å². The molecule has 5 aliphatic carbocycles. The fraction of sp³-hybridized carbons (Fsp3) is 0.735. The lowest BCUT2D eigenvalue weighted by Gasteiger charge is -2.71. The van der Waals surface area contributed by atoms with Crippen LogP contribution in [0, 0.1) is 63.6 Å². The highest BCUT2D eigenvalue weighted by Gasteiger charge is 2.71. The number of nitrogens with zero attached hydrogens (tertiary/aromatic N) is 2. The molecule has 4 saturated carbocycles. The van der Waals surface area contributed by atoms with E-state index in [1.807, 2.05) is 23.8 Å². The van der Waals surface area contributed by atoms with Crippen LogP contribution in [-0.4, -0.2) is 21.2 Å². The molecule has 0 amide bonds. The van der Waals surface area contributed by atoms with Crippen LogP contribution < -0.4 is 0 Å². The van der Waals surface area contributed by atoms with Crippen LogP contribution in [0.2, 0.25) is 0 Å². The fourth-order valence-electron chi connectivity index (χ4n) is 11.6. The first-order valence-corrected chi connectivity index (χ1v) is 15.2. The number of aromatic nitrogens is 2. The van der Waals surface area contributed by atoms with Crippen molar-refractivity contribution in [3.8, 4) is 0 Å². The van der Waals surface area contributed by atoms with Crippen LogP contribution in [-0.2, 0) is 4.79 Å². The van der Waals surface area contributed by atoms with Crippen molar-refractivity contribution in [3.63, 3.8) is 0 Å². The van der Waals surface area contributed by atoms with E-state index in [4.69, 9.17) is 0 Å². The first kappa shape index (κ1) is 26.3. The summed E-state index contributed by atoms with van der Waals surface area (Å²) in [5, 5.41) is 0.